The van der Waals surface area contributed by atoms with Crippen molar-refractivity contribution in [2.75, 3.05) is 19.8 Å². The molecule has 0 aliphatic heterocycles. The average molecular weight is 330 g/mol. The summed E-state index contributed by atoms with van der Waals surface area (Å²) in [6.07, 6.45) is 2.80. The van der Waals surface area contributed by atoms with Crippen LogP contribution in [0.3, 0.4) is 0 Å². The molecule has 0 atom stereocenters. The van der Waals surface area contributed by atoms with E-state index >= 15 is 0 Å². The SMILES string of the molecule is CCCNCc1cc(Br)cc(C)c1OCCCCO. The number of benzene rings is 1. The molecule has 0 spiro atoms. The predicted octanol–water partition coefficient (Wildman–Crippen LogP) is 3.41. The maximum Gasteiger partial charge on any atom is 0.126 e. The maximum atomic E-state index is 8.78. The number of aryl methyl sites for hydroxylation is 1. The largest absolute Gasteiger partial charge is 0.493 e. The third-order valence-corrected chi connectivity index (χ3v) is 3.32. The van der Waals surface area contributed by atoms with Crippen molar-refractivity contribution in [3.8, 4) is 5.75 Å². The Kier molecular flexibility index (Phi) is 8.10. The zero-order valence-electron chi connectivity index (χ0n) is 11.8. The Labute approximate surface area is 124 Å². The number of halogens is 1. The fourth-order valence-corrected chi connectivity index (χ4v) is 2.54. The van der Waals surface area contributed by atoms with E-state index < -0.39 is 0 Å². The number of rotatable bonds is 9. The van der Waals surface area contributed by atoms with Gasteiger partial charge in [-0.15, -0.1) is 0 Å². The lowest BCUT2D eigenvalue weighted by atomic mass is 10.1. The Bertz CT molecular complexity index is 383. The molecule has 1 rings (SSSR count). The lowest BCUT2D eigenvalue weighted by Gasteiger charge is -2.15. The van der Waals surface area contributed by atoms with E-state index in [0.29, 0.717) is 6.61 Å². The third-order valence-electron chi connectivity index (χ3n) is 2.86. The number of aliphatic hydroxyl groups is 1. The molecular formula is C15H24BrNO2. The zero-order valence-corrected chi connectivity index (χ0v) is 13.4. The van der Waals surface area contributed by atoms with Crippen molar-refractivity contribution in [3.05, 3.63) is 27.7 Å². The quantitative estimate of drug-likeness (QED) is 0.682. The van der Waals surface area contributed by atoms with Crippen LogP contribution >= 0.6 is 15.9 Å². The van der Waals surface area contributed by atoms with Gasteiger partial charge in [-0.25, -0.2) is 0 Å². The minimum Gasteiger partial charge on any atom is -0.493 e. The molecule has 0 fully saturated rings. The molecule has 0 bridgehead atoms. The van der Waals surface area contributed by atoms with Crippen molar-refractivity contribution in [1.29, 1.82) is 0 Å². The number of aliphatic hydroxyl groups excluding tert-OH is 1. The number of unbranched alkanes of at least 4 members (excludes halogenated alkanes) is 1. The van der Waals surface area contributed by atoms with Crippen molar-refractivity contribution >= 4 is 15.9 Å². The molecule has 0 heterocycles. The van der Waals surface area contributed by atoms with Crippen molar-refractivity contribution in [3.63, 3.8) is 0 Å². The molecule has 0 saturated heterocycles. The van der Waals surface area contributed by atoms with Crippen LogP contribution in [0, 0.1) is 6.92 Å². The van der Waals surface area contributed by atoms with Crippen molar-refractivity contribution in [1.82, 2.24) is 5.32 Å². The Morgan fingerprint density at radius 2 is 2.11 bits per heavy atom. The summed E-state index contributed by atoms with van der Waals surface area (Å²) in [5, 5.41) is 12.2. The van der Waals surface area contributed by atoms with Gasteiger partial charge in [0.2, 0.25) is 0 Å². The Hall–Kier alpha value is -0.580. The van der Waals surface area contributed by atoms with E-state index in [1.807, 2.05) is 0 Å². The Balaban J connectivity index is 2.69. The minimum absolute atomic E-state index is 0.230. The number of hydrogen-bond acceptors (Lipinski definition) is 3. The molecule has 1 aromatic carbocycles. The minimum atomic E-state index is 0.230. The van der Waals surface area contributed by atoms with Crippen LogP contribution in [0.15, 0.2) is 16.6 Å². The lowest BCUT2D eigenvalue weighted by Crippen LogP contribution is -2.15. The molecule has 2 N–H and O–H groups in total. The molecule has 1 aromatic rings. The third kappa shape index (κ3) is 5.93. The van der Waals surface area contributed by atoms with Crippen LogP contribution in [0.1, 0.15) is 37.3 Å². The fourth-order valence-electron chi connectivity index (χ4n) is 1.93. The highest BCUT2D eigenvalue weighted by Crippen LogP contribution is 2.28. The monoisotopic (exact) mass is 329 g/mol. The van der Waals surface area contributed by atoms with Crippen LogP contribution in [-0.4, -0.2) is 24.9 Å². The van der Waals surface area contributed by atoms with E-state index in [2.05, 4.69) is 47.2 Å². The Morgan fingerprint density at radius 1 is 1.32 bits per heavy atom. The molecule has 0 unspecified atom stereocenters. The maximum absolute atomic E-state index is 8.78. The highest BCUT2D eigenvalue weighted by Gasteiger charge is 2.08. The van der Waals surface area contributed by atoms with Gasteiger partial charge in [-0.1, -0.05) is 22.9 Å². The summed E-state index contributed by atoms with van der Waals surface area (Å²) in [4.78, 5) is 0. The van der Waals surface area contributed by atoms with Crippen LogP contribution in [0.5, 0.6) is 5.75 Å². The van der Waals surface area contributed by atoms with Crippen molar-refractivity contribution < 1.29 is 9.84 Å². The summed E-state index contributed by atoms with van der Waals surface area (Å²) < 4.78 is 6.97. The first-order valence-electron chi connectivity index (χ1n) is 6.92. The Morgan fingerprint density at radius 3 is 2.79 bits per heavy atom. The van der Waals surface area contributed by atoms with Gasteiger partial charge in [-0.05, 0) is 50.4 Å². The summed E-state index contributed by atoms with van der Waals surface area (Å²) >= 11 is 3.53. The van der Waals surface area contributed by atoms with Crippen LogP contribution in [0.4, 0.5) is 0 Å². The molecular weight excluding hydrogens is 306 g/mol. The summed E-state index contributed by atoms with van der Waals surface area (Å²) in [5.41, 5.74) is 2.33. The molecule has 108 valence electrons. The topological polar surface area (TPSA) is 41.5 Å². The standard InChI is InChI=1S/C15H24BrNO2/c1-3-6-17-11-13-10-14(16)9-12(2)15(13)19-8-5-4-7-18/h9-10,17-18H,3-8,11H2,1-2H3. The summed E-state index contributed by atoms with van der Waals surface area (Å²) in [6, 6.07) is 4.18. The van der Waals surface area contributed by atoms with Gasteiger partial charge in [0, 0.05) is 23.2 Å². The lowest BCUT2D eigenvalue weighted by molar-refractivity contribution is 0.251. The fraction of sp³-hybridized carbons (Fsp3) is 0.600. The highest BCUT2D eigenvalue weighted by molar-refractivity contribution is 9.10. The first-order valence-corrected chi connectivity index (χ1v) is 7.71. The normalized spacial score (nSPS) is 10.7. The van der Waals surface area contributed by atoms with Crippen molar-refractivity contribution in [2.24, 2.45) is 0 Å². The molecule has 3 nitrogen and oxygen atoms in total. The van der Waals surface area contributed by atoms with Crippen LogP contribution in [0.25, 0.3) is 0 Å². The van der Waals surface area contributed by atoms with E-state index in [4.69, 9.17) is 9.84 Å². The van der Waals surface area contributed by atoms with E-state index in [0.717, 1.165) is 48.1 Å². The molecule has 19 heavy (non-hydrogen) atoms. The molecule has 0 aliphatic carbocycles. The van der Waals surface area contributed by atoms with Gasteiger partial charge in [0.15, 0.2) is 0 Å². The second kappa shape index (κ2) is 9.34. The number of ether oxygens (including phenoxy) is 1. The summed E-state index contributed by atoms with van der Waals surface area (Å²) in [7, 11) is 0. The van der Waals surface area contributed by atoms with Crippen LogP contribution in [0.2, 0.25) is 0 Å². The number of nitrogens with one attached hydrogen (secondary N) is 1. The van der Waals surface area contributed by atoms with Crippen LogP contribution < -0.4 is 10.1 Å². The van der Waals surface area contributed by atoms with Gasteiger partial charge in [0.1, 0.15) is 5.75 Å². The van der Waals surface area contributed by atoms with E-state index in [9.17, 15) is 0 Å². The molecule has 0 saturated carbocycles. The first kappa shape index (κ1) is 16.5. The smallest absolute Gasteiger partial charge is 0.126 e. The summed E-state index contributed by atoms with van der Waals surface area (Å²) in [5.74, 6) is 0.977. The molecule has 4 heteroatoms. The van der Waals surface area contributed by atoms with E-state index in [1.165, 1.54) is 5.56 Å². The van der Waals surface area contributed by atoms with Gasteiger partial charge >= 0.3 is 0 Å². The van der Waals surface area contributed by atoms with E-state index in [1.54, 1.807) is 0 Å². The molecule has 0 aromatic heterocycles. The number of hydrogen-bond donors (Lipinski definition) is 2. The van der Waals surface area contributed by atoms with Gasteiger partial charge in [0.25, 0.3) is 0 Å². The predicted molar refractivity (Wildman–Crippen MR) is 82.7 cm³/mol. The second-order valence-corrected chi connectivity index (χ2v) is 5.58. The average Bonchev–Trinajstić information content (AvgIpc) is 2.37. The second-order valence-electron chi connectivity index (χ2n) is 4.67. The molecule has 0 radical (unpaired) electrons. The van der Waals surface area contributed by atoms with Gasteiger partial charge in [-0.3, -0.25) is 0 Å². The van der Waals surface area contributed by atoms with Crippen molar-refractivity contribution in [2.45, 2.75) is 39.7 Å². The molecule has 0 aliphatic rings. The van der Waals surface area contributed by atoms with Gasteiger partial charge < -0.3 is 15.2 Å². The van der Waals surface area contributed by atoms with E-state index in [-0.39, 0.29) is 6.61 Å². The highest BCUT2D eigenvalue weighted by atomic mass is 79.9. The zero-order chi connectivity index (χ0) is 14.1. The summed E-state index contributed by atoms with van der Waals surface area (Å²) in [6.45, 7) is 6.94. The first-order chi connectivity index (χ1) is 9.19. The van der Waals surface area contributed by atoms with Gasteiger partial charge in [-0.2, -0.15) is 0 Å². The van der Waals surface area contributed by atoms with Gasteiger partial charge in [0.05, 0.1) is 6.61 Å². The molecule has 0 amide bonds. The van der Waals surface area contributed by atoms with Crippen LogP contribution in [-0.2, 0) is 6.54 Å².